The molecule has 0 radical (unpaired) electrons. The largest absolute Gasteiger partial charge is 0.409 e. The molecule has 1 atom stereocenters. The van der Waals surface area contributed by atoms with E-state index in [0.717, 1.165) is 10.4 Å². The van der Waals surface area contributed by atoms with E-state index in [9.17, 15) is 18.0 Å². The van der Waals surface area contributed by atoms with E-state index in [1.165, 1.54) is 0 Å². The molecule has 2 aromatic rings. The summed E-state index contributed by atoms with van der Waals surface area (Å²) in [5.41, 5.74) is 2.51. The smallest absolute Gasteiger partial charge is 0.287 e. The Kier molecular flexibility index (Phi) is 4.97. The first kappa shape index (κ1) is 19.7. The second-order valence-corrected chi connectivity index (χ2v) is 8.35. The van der Waals surface area contributed by atoms with Crippen LogP contribution in [0.25, 0.3) is 10.8 Å². The van der Waals surface area contributed by atoms with Gasteiger partial charge in [0, 0.05) is 6.54 Å². The number of carbonyl (C=O) groups excluding carboxylic acids is 1. The van der Waals surface area contributed by atoms with Gasteiger partial charge in [-0.3, -0.25) is 10.2 Å². The Bertz CT molecular complexity index is 858. The Labute approximate surface area is 157 Å². The van der Waals surface area contributed by atoms with Crippen molar-refractivity contribution < 1.29 is 18.0 Å². The third kappa shape index (κ3) is 3.81. The van der Waals surface area contributed by atoms with Crippen molar-refractivity contribution in [3.8, 4) is 0 Å². The highest BCUT2D eigenvalue weighted by molar-refractivity contribution is 5.88. The SMILES string of the molecule is CC(C)Cc1ccc2ccccc2c1C(N1CC(C)(C)C(=O)N1)C(F)(F)F. The van der Waals surface area contributed by atoms with Gasteiger partial charge in [-0.25, -0.2) is 5.01 Å². The third-order valence-corrected chi connectivity index (χ3v) is 5.01. The van der Waals surface area contributed by atoms with Crippen LogP contribution in [-0.2, 0) is 11.2 Å². The van der Waals surface area contributed by atoms with Crippen LogP contribution in [0.5, 0.6) is 0 Å². The molecule has 1 heterocycles. The van der Waals surface area contributed by atoms with Crippen molar-refractivity contribution >= 4 is 16.7 Å². The summed E-state index contributed by atoms with van der Waals surface area (Å²) in [6, 6.07) is 8.90. The number of hydrazine groups is 1. The molecule has 0 aliphatic carbocycles. The minimum Gasteiger partial charge on any atom is -0.287 e. The zero-order chi connectivity index (χ0) is 20.0. The number of alkyl halides is 3. The van der Waals surface area contributed by atoms with Crippen LogP contribution in [-0.4, -0.2) is 23.6 Å². The summed E-state index contributed by atoms with van der Waals surface area (Å²) in [4.78, 5) is 12.2. The number of halogens is 3. The van der Waals surface area contributed by atoms with Crippen molar-refractivity contribution in [1.82, 2.24) is 10.4 Å². The van der Waals surface area contributed by atoms with Gasteiger partial charge < -0.3 is 0 Å². The lowest BCUT2D eigenvalue weighted by molar-refractivity contribution is -0.191. The molecule has 1 aliphatic rings. The number of benzene rings is 2. The third-order valence-electron chi connectivity index (χ3n) is 5.01. The number of hydrogen-bond acceptors (Lipinski definition) is 2. The molecule has 3 rings (SSSR count). The lowest BCUT2D eigenvalue weighted by Gasteiger charge is -2.32. The maximum absolute atomic E-state index is 14.3. The second kappa shape index (κ2) is 6.82. The second-order valence-electron chi connectivity index (χ2n) is 8.35. The summed E-state index contributed by atoms with van der Waals surface area (Å²) in [6.07, 6.45) is -3.98. The molecule has 1 aliphatic heterocycles. The first-order valence-electron chi connectivity index (χ1n) is 9.15. The van der Waals surface area contributed by atoms with Crippen molar-refractivity contribution in [1.29, 1.82) is 0 Å². The molecule has 27 heavy (non-hydrogen) atoms. The van der Waals surface area contributed by atoms with Gasteiger partial charge in [0.1, 0.15) is 0 Å². The molecule has 1 amide bonds. The zero-order valence-electron chi connectivity index (χ0n) is 16.0. The lowest BCUT2D eigenvalue weighted by atomic mass is 9.88. The maximum atomic E-state index is 14.3. The van der Waals surface area contributed by atoms with E-state index in [1.807, 2.05) is 32.0 Å². The number of fused-ring (bicyclic) bond motifs is 1. The molecule has 0 saturated carbocycles. The molecule has 1 N–H and O–H groups in total. The highest BCUT2D eigenvalue weighted by atomic mass is 19.4. The van der Waals surface area contributed by atoms with Gasteiger partial charge in [-0.05, 0) is 48.1 Å². The van der Waals surface area contributed by atoms with Gasteiger partial charge in [-0.2, -0.15) is 13.2 Å². The van der Waals surface area contributed by atoms with Crippen LogP contribution in [0.2, 0.25) is 0 Å². The Hall–Kier alpha value is -2.08. The van der Waals surface area contributed by atoms with Gasteiger partial charge in [0.25, 0.3) is 0 Å². The van der Waals surface area contributed by atoms with Gasteiger partial charge in [0.2, 0.25) is 5.91 Å². The lowest BCUT2D eigenvalue weighted by Crippen LogP contribution is -2.44. The summed E-state index contributed by atoms with van der Waals surface area (Å²) in [5.74, 6) is -0.175. The number of rotatable bonds is 4. The molecule has 1 unspecified atom stereocenters. The predicted molar refractivity (Wildman–Crippen MR) is 99.9 cm³/mol. The molecule has 0 bridgehead atoms. The van der Waals surface area contributed by atoms with Gasteiger partial charge in [-0.15, -0.1) is 0 Å². The van der Waals surface area contributed by atoms with Crippen LogP contribution in [0.1, 0.15) is 44.9 Å². The highest BCUT2D eigenvalue weighted by Gasteiger charge is 2.52. The van der Waals surface area contributed by atoms with Crippen LogP contribution < -0.4 is 5.43 Å². The Morgan fingerprint density at radius 1 is 1.15 bits per heavy atom. The number of nitrogens with zero attached hydrogens (tertiary/aromatic N) is 1. The van der Waals surface area contributed by atoms with E-state index < -0.39 is 17.6 Å². The predicted octanol–water partition coefficient (Wildman–Crippen LogP) is 5.01. The van der Waals surface area contributed by atoms with Crippen molar-refractivity contribution in [3.63, 3.8) is 0 Å². The average Bonchev–Trinajstić information content (AvgIpc) is 2.80. The first-order valence-corrected chi connectivity index (χ1v) is 9.15. The average molecular weight is 378 g/mol. The van der Waals surface area contributed by atoms with E-state index in [1.54, 1.807) is 32.0 Å². The van der Waals surface area contributed by atoms with E-state index >= 15 is 0 Å². The van der Waals surface area contributed by atoms with Gasteiger partial charge in [0.15, 0.2) is 6.04 Å². The summed E-state index contributed by atoms with van der Waals surface area (Å²) < 4.78 is 42.9. The molecule has 0 spiro atoms. The Balaban J connectivity index is 2.22. The highest BCUT2D eigenvalue weighted by Crippen LogP contribution is 2.44. The van der Waals surface area contributed by atoms with Crippen LogP contribution in [0.3, 0.4) is 0 Å². The van der Waals surface area contributed by atoms with E-state index in [0.29, 0.717) is 17.4 Å². The quantitative estimate of drug-likeness (QED) is 0.811. The Morgan fingerprint density at radius 2 is 1.81 bits per heavy atom. The van der Waals surface area contributed by atoms with Crippen molar-refractivity contribution in [2.45, 2.75) is 46.3 Å². The maximum Gasteiger partial charge on any atom is 0.409 e. The van der Waals surface area contributed by atoms with E-state index in [-0.39, 0.29) is 23.9 Å². The zero-order valence-corrected chi connectivity index (χ0v) is 16.0. The minimum absolute atomic E-state index is 0.000347. The van der Waals surface area contributed by atoms with E-state index in [2.05, 4.69) is 5.43 Å². The van der Waals surface area contributed by atoms with Crippen LogP contribution in [0.4, 0.5) is 13.2 Å². The van der Waals surface area contributed by atoms with Crippen LogP contribution >= 0.6 is 0 Å². The molecule has 1 saturated heterocycles. The molecule has 1 fully saturated rings. The summed E-state index contributed by atoms with van der Waals surface area (Å²) in [6.45, 7) is 7.30. The van der Waals surface area contributed by atoms with Gasteiger partial charge >= 0.3 is 6.18 Å². The van der Waals surface area contributed by atoms with Gasteiger partial charge in [-0.1, -0.05) is 50.2 Å². The summed E-state index contributed by atoms with van der Waals surface area (Å²) >= 11 is 0. The number of hydrogen-bond donors (Lipinski definition) is 1. The van der Waals surface area contributed by atoms with Crippen LogP contribution in [0.15, 0.2) is 36.4 Å². The number of nitrogens with one attached hydrogen (secondary N) is 1. The molecular weight excluding hydrogens is 353 g/mol. The molecular formula is C21H25F3N2O. The molecule has 146 valence electrons. The molecule has 3 nitrogen and oxygen atoms in total. The standard InChI is InChI=1S/C21H25F3N2O/c1-13(2)11-15-10-9-14-7-5-6-8-16(14)17(15)18(21(22,23)24)26-12-20(3,4)19(27)25-26/h5-10,13,18H,11-12H2,1-4H3,(H,25,27). The Morgan fingerprint density at radius 3 is 2.37 bits per heavy atom. The fourth-order valence-corrected chi connectivity index (χ4v) is 3.75. The fourth-order valence-electron chi connectivity index (χ4n) is 3.75. The molecule has 2 aromatic carbocycles. The normalized spacial score (nSPS) is 18.9. The van der Waals surface area contributed by atoms with Crippen molar-refractivity contribution in [2.75, 3.05) is 6.54 Å². The molecule has 0 aromatic heterocycles. The van der Waals surface area contributed by atoms with Gasteiger partial charge in [0.05, 0.1) is 5.41 Å². The molecule has 6 heteroatoms. The topological polar surface area (TPSA) is 32.3 Å². The fraction of sp³-hybridized carbons (Fsp3) is 0.476. The monoisotopic (exact) mass is 378 g/mol. The van der Waals surface area contributed by atoms with Crippen LogP contribution in [0, 0.1) is 11.3 Å². The minimum atomic E-state index is -4.52. The van der Waals surface area contributed by atoms with Crippen molar-refractivity contribution in [2.24, 2.45) is 11.3 Å². The summed E-state index contributed by atoms with van der Waals surface area (Å²) in [7, 11) is 0. The number of carbonyl (C=O) groups is 1. The van der Waals surface area contributed by atoms with Crippen molar-refractivity contribution in [3.05, 3.63) is 47.5 Å². The first-order chi connectivity index (χ1) is 12.5. The van der Waals surface area contributed by atoms with E-state index in [4.69, 9.17) is 0 Å². The summed E-state index contributed by atoms with van der Waals surface area (Å²) in [5, 5.41) is 2.41. The number of amides is 1.